The second kappa shape index (κ2) is 9.92. The van der Waals surface area contributed by atoms with Gasteiger partial charge in [0.1, 0.15) is 0 Å². The zero-order valence-electron chi connectivity index (χ0n) is 9.77. The first kappa shape index (κ1) is 16.9. The summed E-state index contributed by atoms with van der Waals surface area (Å²) in [5.41, 5.74) is 0. The molecule has 0 radical (unpaired) electrons. The third-order valence-corrected chi connectivity index (χ3v) is 2.95. The number of aliphatic hydroxyl groups is 2. The van der Waals surface area contributed by atoms with Crippen LogP contribution in [0.1, 0.15) is 12.8 Å². The topological polar surface area (TPSA) is 49.7 Å². The fourth-order valence-corrected chi connectivity index (χ4v) is 1.55. The normalized spacial score (nSPS) is 18.1. The highest BCUT2D eigenvalue weighted by Crippen LogP contribution is 2.13. The van der Waals surface area contributed by atoms with Crippen molar-refractivity contribution >= 4 is 23.2 Å². The molecule has 100 valence electrons. The molecular formula is C12H20Cl2O3. The van der Waals surface area contributed by atoms with Crippen LogP contribution in [0.15, 0.2) is 25.3 Å². The van der Waals surface area contributed by atoms with Gasteiger partial charge in [0.15, 0.2) is 0 Å². The number of alkyl halides is 2. The van der Waals surface area contributed by atoms with E-state index in [4.69, 9.17) is 27.9 Å². The van der Waals surface area contributed by atoms with Crippen LogP contribution in [0.4, 0.5) is 0 Å². The molecule has 4 atom stereocenters. The molecule has 0 aromatic carbocycles. The smallest absolute Gasteiger partial charge is 0.0786 e. The van der Waals surface area contributed by atoms with Crippen molar-refractivity contribution in [3.05, 3.63) is 25.3 Å². The van der Waals surface area contributed by atoms with Gasteiger partial charge in [0.25, 0.3) is 0 Å². The summed E-state index contributed by atoms with van der Waals surface area (Å²) in [6.07, 6.45) is 2.01. The van der Waals surface area contributed by atoms with E-state index in [-0.39, 0.29) is 24.0 Å². The molecule has 0 amide bonds. The van der Waals surface area contributed by atoms with Crippen molar-refractivity contribution in [3.8, 4) is 0 Å². The SMILES string of the molecule is C=CC(CC(O)CCl)OC(C=C)CC(O)CCl. The van der Waals surface area contributed by atoms with Gasteiger partial charge in [-0.15, -0.1) is 36.4 Å². The minimum Gasteiger partial charge on any atom is -0.392 e. The van der Waals surface area contributed by atoms with E-state index in [0.29, 0.717) is 12.8 Å². The molecule has 5 heteroatoms. The molecule has 0 aliphatic rings. The minimum atomic E-state index is -0.636. The third kappa shape index (κ3) is 7.79. The molecule has 0 aromatic heterocycles. The number of hydrogen-bond donors (Lipinski definition) is 2. The fourth-order valence-electron chi connectivity index (χ4n) is 1.30. The van der Waals surface area contributed by atoms with Crippen molar-refractivity contribution in [2.24, 2.45) is 0 Å². The van der Waals surface area contributed by atoms with Crippen molar-refractivity contribution in [2.45, 2.75) is 37.3 Å². The van der Waals surface area contributed by atoms with E-state index in [1.165, 1.54) is 0 Å². The molecule has 4 unspecified atom stereocenters. The molecule has 0 bridgehead atoms. The zero-order valence-corrected chi connectivity index (χ0v) is 11.3. The Kier molecular flexibility index (Phi) is 9.88. The summed E-state index contributed by atoms with van der Waals surface area (Å²) in [6.45, 7) is 7.27. The van der Waals surface area contributed by atoms with E-state index < -0.39 is 12.2 Å². The largest absolute Gasteiger partial charge is 0.392 e. The van der Waals surface area contributed by atoms with Crippen LogP contribution >= 0.6 is 23.2 Å². The lowest BCUT2D eigenvalue weighted by atomic mass is 10.1. The van der Waals surface area contributed by atoms with E-state index in [9.17, 15) is 10.2 Å². The minimum absolute atomic E-state index is 0.150. The Bertz CT molecular complexity index is 202. The van der Waals surface area contributed by atoms with Crippen LogP contribution < -0.4 is 0 Å². The third-order valence-electron chi connectivity index (χ3n) is 2.24. The number of aliphatic hydroxyl groups excluding tert-OH is 2. The fraction of sp³-hybridized carbons (Fsp3) is 0.667. The molecule has 3 nitrogen and oxygen atoms in total. The lowest BCUT2D eigenvalue weighted by Gasteiger charge is -2.23. The van der Waals surface area contributed by atoms with Crippen molar-refractivity contribution in [3.63, 3.8) is 0 Å². The highest BCUT2D eigenvalue weighted by Gasteiger charge is 2.17. The van der Waals surface area contributed by atoms with Crippen LogP contribution in [-0.2, 0) is 4.74 Å². The van der Waals surface area contributed by atoms with Gasteiger partial charge in [-0.1, -0.05) is 12.2 Å². The Morgan fingerprint density at radius 3 is 1.53 bits per heavy atom. The van der Waals surface area contributed by atoms with Crippen LogP contribution in [-0.4, -0.2) is 46.4 Å². The van der Waals surface area contributed by atoms with E-state index in [1.807, 2.05) is 0 Å². The van der Waals surface area contributed by atoms with Crippen LogP contribution in [0, 0.1) is 0 Å². The van der Waals surface area contributed by atoms with Crippen molar-refractivity contribution in [1.82, 2.24) is 0 Å². The molecule has 0 aromatic rings. The van der Waals surface area contributed by atoms with Gasteiger partial charge in [-0.05, 0) is 0 Å². The predicted molar refractivity (Wildman–Crippen MR) is 71.7 cm³/mol. The number of rotatable bonds is 10. The van der Waals surface area contributed by atoms with Gasteiger partial charge in [-0.25, -0.2) is 0 Å². The summed E-state index contributed by atoms with van der Waals surface area (Å²) in [7, 11) is 0. The molecule has 0 rings (SSSR count). The number of ether oxygens (including phenoxy) is 1. The van der Waals surface area contributed by atoms with Gasteiger partial charge >= 0.3 is 0 Å². The summed E-state index contributed by atoms with van der Waals surface area (Å²) in [6, 6.07) is 0. The van der Waals surface area contributed by atoms with Gasteiger partial charge in [-0.2, -0.15) is 0 Å². The second-order valence-electron chi connectivity index (χ2n) is 3.77. The monoisotopic (exact) mass is 282 g/mol. The Morgan fingerprint density at radius 2 is 1.29 bits per heavy atom. The first-order chi connectivity index (χ1) is 8.07. The van der Waals surface area contributed by atoms with E-state index in [2.05, 4.69) is 13.2 Å². The highest BCUT2D eigenvalue weighted by atomic mass is 35.5. The molecule has 0 saturated carbocycles. The Morgan fingerprint density at radius 1 is 0.941 bits per heavy atom. The Balaban J connectivity index is 4.21. The second-order valence-corrected chi connectivity index (χ2v) is 4.39. The number of halogens is 2. The predicted octanol–water partition coefficient (Wildman–Crippen LogP) is 2.09. The lowest BCUT2D eigenvalue weighted by Crippen LogP contribution is -2.27. The van der Waals surface area contributed by atoms with Crippen LogP contribution in [0.25, 0.3) is 0 Å². The molecule has 0 heterocycles. The molecule has 0 fully saturated rings. The Labute approximate surface area is 113 Å². The highest BCUT2D eigenvalue weighted by molar-refractivity contribution is 6.18. The summed E-state index contributed by atoms with van der Waals surface area (Å²) >= 11 is 11.0. The number of hydrogen-bond acceptors (Lipinski definition) is 3. The lowest BCUT2D eigenvalue weighted by molar-refractivity contribution is -0.00553. The van der Waals surface area contributed by atoms with Gasteiger partial charge in [0.05, 0.1) is 24.4 Å². The van der Waals surface area contributed by atoms with E-state index >= 15 is 0 Å². The van der Waals surface area contributed by atoms with Crippen molar-refractivity contribution in [1.29, 1.82) is 0 Å². The summed E-state index contributed by atoms with van der Waals surface area (Å²) in [5, 5.41) is 18.8. The van der Waals surface area contributed by atoms with Crippen molar-refractivity contribution < 1.29 is 14.9 Å². The standard InChI is InChI=1S/C12H20Cl2O3/c1-3-11(5-9(15)7-13)17-12(4-2)6-10(16)8-14/h3-4,9-12,15-16H,1-2,5-8H2. The molecular weight excluding hydrogens is 263 g/mol. The zero-order chi connectivity index (χ0) is 13.3. The van der Waals surface area contributed by atoms with Gasteiger partial charge in [0, 0.05) is 24.6 Å². The first-order valence-corrected chi connectivity index (χ1v) is 6.52. The van der Waals surface area contributed by atoms with Gasteiger partial charge in [0.2, 0.25) is 0 Å². The summed E-state index contributed by atoms with van der Waals surface area (Å²) in [5.74, 6) is 0.299. The molecule has 17 heavy (non-hydrogen) atoms. The Hall–Kier alpha value is -0.0600. The molecule has 0 saturated heterocycles. The average Bonchev–Trinajstić information content (AvgIpc) is 2.36. The molecule has 0 aliphatic carbocycles. The maximum Gasteiger partial charge on any atom is 0.0786 e. The quantitative estimate of drug-likeness (QED) is 0.477. The average molecular weight is 283 g/mol. The van der Waals surface area contributed by atoms with E-state index in [0.717, 1.165) is 0 Å². The molecule has 2 N–H and O–H groups in total. The van der Waals surface area contributed by atoms with Crippen LogP contribution in [0.2, 0.25) is 0 Å². The van der Waals surface area contributed by atoms with Gasteiger partial charge in [-0.3, -0.25) is 0 Å². The maximum absolute atomic E-state index is 9.42. The molecule has 0 aliphatic heterocycles. The first-order valence-electron chi connectivity index (χ1n) is 5.45. The van der Waals surface area contributed by atoms with Crippen molar-refractivity contribution in [2.75, 3.05) is 11.8 Å². The summed E-state index contributed by atoms with van der Waals surface area (Å²) < 4.78 is 5.62. The maximum atomic E-state index is 9.42. The summed E-state index contributed by atoms with van der Waals surface area (Å²) in [4.78, 5) is 0. The van der Waals surface area contributed by atoms with E-state index in [1.54, 1.807) is 12.2 Å². The molecule has 0 spiro atoms. The van der Waals surface area contributed by atoms with Crippen LogP contribution in [0.3, 0.4) is 0 Å². The van der Waals surface area contributed by atoms with Gasteiger partial charge < -0.3 is 14.9 Å². The van der Waals surface area contributed by atoms with Crippen LogP contribution in [0.5, 0.6) is 0 Å².